The molecular formula is C13H18O9. The van der Waals surface area contributed by atoms with Gasteiger partial charge in [-0.2, -0.15) is 0 Å². The molecule has 1 aliphatic heterocycles. The smallest absolute Gasteiger partial charge is 0.305 e. The number of carbonyl (C=O) groups is 4. The molecule has 0 aliphatic carbocycles. The van der Waals surface area contributed by atoms with Gasteiger partial charge in [-0.3, -0.25) is 19.2 Å². The van der Waals surface area contributed by atoms with Crippen molar-refractivity contribution in [2.75, 3.05) is 6.61 Å². The molecule has 1 aliphatic rings. The molecular weight excluding hydrogens is 300 g/mol. The van der Waals surface area contributed by atoms with Crippen molar-refractivity contribution >= 4 is 23.9 Å². The molecule has 0 aromatic carbocycles. The molecule has 0 bridgehead atoms. The summed E-state index contributed by atoms with van der Waals surface area (Å²) in [5.41, 5.74) is 0. The molecule has 1 saturated heterocycles. The van der Waals surface area contributed by atoms with Crippen molar-refractivity contribution in [2.45, 2.75) is 52.3 Å². The second-order valence-electron chi connectivity index (χ2n) is 4.61. The Labute approximate surface area is 126 Å². The van der Waals surface area contributed by atoms with Crippen molar-refractivity contribution in [1.82, 2.24) is 0 Å². The van der Waals surface area contributed by atoms with Crippen LogP contribution in [0.3, 0.4) is 0 Å². The minimum atomic E-state index is -1.27. The Morgan fingerprint density at radius 3 is 1.64 bits per heavy atom. The zero-order chi connectivity index (χ0) is 16.9. The molecule has 0 aromatic rings. The van der Waals surface area contributed by atoms with Gasteiger partial charge in [0.05, 0.1) is 6.61 Å². The van der Waals surface area contributed by atoms with E-state index in [1.165, 1.54) is 6.92 Å². The highest BCUT2D eigenvalue weighted by Gasteiger charge is 2.48. The summed E-state index contributed by atoms with van der Waals surface area (Å²) in [6, 6.07) is 0. The molecule has 0 radical (unpaired) electrons. The Bertz CT molecular complexity index is 416. The van der Waals surface area contributed by atoms with E-state index in [9.17, 15) is 19.2 Å². The van der Waals surface area contributed by atoms with E-state index in [0.717, 1.165) is 20.8 Å². The maximum atomic E-state index is 11.3. The lowest BCUT2D eigenvalue weighted by molar-refractivity contribution is -0.273. The van der Waals surface area contributed by atoms with Crippen molar-refractivity contribution in [3.8, 4) is 0 Å². The summed E-state index contributed by atoms with van der Waals surface area (Å²) in [7, 11) is 0. The molecule has 0 unspecified atom stereocenters. The zero-order valence-corrected chi connectivity index (χ0v) is 12.7. The average molecular weight is 318 g/mol. The molecule has 9 nitrogen and oxygen atoms in total. The lowest BCUT2D eigenvalue weighted by Crippen LogP contribution is -2.58. The highest BCUT2D eigenvalue weighted by molar-refractivity contribution is 5.69. The van der Waals surface area contributed by atoms with Crippen molar-refractivity contribution in [2.24, 2.45) is 0 Å². The minimum absolute atomic E-state index is 0.187. The van der Waals surface area contributed by atoms with E-state index >= 15 is 0 Å². The first-order chi connectivity index (χ1) is 10.2. The van der Waals surface area contributed by atoms with Crippen LogP contribution in [-0.4, -0.2) is 55.1 Å². The number of ether oxygens (including phenoxy) is 5. The Hall–Kier alpha value is -2.16. The van der Waals surface area contributed by atoms with Crippen LogP contribution in [0.25, 0.3) is 0 Å². The first-order valence-corrected chi connectivity index (χ1v) is 6.51. The summed E-state index contributed by atoms with van der Waals surface area (Å²) in [6.45, 7) is 4.40. The van der Waals surface area contributed by atoms with Crippen LogP contribution < -0.4 is 0 Å². The summed E-state index contributed by atoms with van der Waals surface area (Å²) in [5.74, 6) is -2.68. The first-order valence-electron chi connectivity index (χ1n) is 6.51. The highest BCUT2D eigenvalue weighted by atomic mass is 16.7. The van der Waals surface area contributed by atoms with Crippen LogP contribution in [0.15, 0.2) is 0 Å². The number of rotatable bonds is 4. The normalized spacial score (nSPS) is 27.5. The average Bonchev–Trinajstić information content (AvgIpc) is 2.34. The molecule has 0 amide bonds. The summed E-state index contributed by atoms with van der Waals surface area (Å²) in [5, 5.41) is 0. The van der Waals surface area contributed by atoms with Crippen molar-refractivity contribution in [3.63, 3.8) is 0 Å². The Morgan fingerprint density at radius 2 is 1.18 bits per heavy atom. The fourth-order valence-corrected chi connectivity index (χ4v) is 1.97. The van der Waals surface area contributed by atoms with Crippen LogP contribution in [0.2, 0.25) is 0 Å². The molecule has 0 aromatic heterocycles. The van der Waals surface area contributed by atoms with E-state index in [4.69, 9.17) is 23.7 Å². The van der Waals surface area contributed by atoms with Crippen LogP contribution in [0, 0.1) is 0 Å². The molecule has 124 valence electrons. The number of carbonyl (C=O) groups excluding carboxylic acids is 4. The van der Waals surface area contributed by atoms with E-state index in [-0.39, 0.29) is 6.61 Å². The second-order valence-corrected chi connectivity index (χ2v) is 4.61. The van der Waals surface area contributed by atoms with Crippen molar-refractivity contribution < 1.29 is 42.9 Å². The third-order valence-electron chi connectivity index (χ3n) is 2.59. The SMILES string of the molecule is CC(=O)O[C@@H]1OC[C@H](OC(C)=O)[C@@H](OC(C)=O)[C@@H]1OC(C)=O. The van der Waals surface area contributed by atoms with Gasteiger partial charge in [-0.1, -0.05) is 0 Å². The molecule has 1 fully saturated rings. The van der Waals surface area contributed by atoms with Crippen LogP contribution in [0.1, 0.15) is 27.7 Å². The maximum absolute atomic E-state index is 11.3. The molecule has 0 spiro atoms. The second kappa shape index (κ2) is 7.74. The predicted octanol–water partition coefficient (Wildman–Crippen LogP) is -0.299. The summed E-state index contributed by atoms with van der Waals surface area (Å²) >= 11 is 0. The molecule has 0 saturated carbocycles. The first kappa shape index (κ1) is 17.9. The Kier molecular flexibility index (Phi) is 6.29. The summed E-state index contributed by atoms with van der Waals surface area (Å²) in [4.78, 5) is 44.7. The molecule has 1 heterocycles. The van der Waals surface area contributed by atoms with Gasteiger partial charge in [0.15, 0.2) is 12.2 Å². The van der Waals surface area contributed by atoms with Crippen molar-refractivity contribution in [3.05, 3.63) is 0 Å². The van der Waals surface area contributed by atoms with Crippen LogP contribution in [-0.2, 0) is 42.9 Å². The van der Waals surface area contributed by atoms with E-state index in [0.29, 0.717) is 0 Å². The van der Waals surface area contributed by atoms with Gasteiger partial charge in [0, 0.05) is 27.7 Å². The van der Waals surface area contributed by atoms with Gasteiger partial charge in [-0.05, 0) is 0 Å². The Balaban J connectivity index is 3.03. The van der Waals surface area contributed by atoms with E-state index in [1.807, 2.05) is 0 Å². The van der Waals surface area contributed by atoms with Gasteiger partial charge in [0.25, 0.3) is 0 Å². The molecule has 9 heteroatoms. The monoisotopic (exact) mass is 318 g/mol. The van der Waals surface area contributed by atoms with E-state index in [1.54, 1.807) is 0 Å². The molecule has 1 rings (SSSR count). The summed E-state index contributed by atoms with van der Waals surface area (Å²) < 4.78 is 25.2. The van der Waals surface area contributed by atoms with Crippen LogP contribution >= 0.6 is 0 Å². The van der Waals surface area contributed by atoms with Gasteiger partial charge < -0.3 is 23.7 Å². The highest BCUT2D eigenvalue weighted by Crippen LogP contribution is 2.25. The van der Waals surface area contributed by atoms with Gasteiger partial charge in [0.1, 0.15) is 0 Å². The van der Waals surface area contributed by atoms with Gasteiger partial charge >= 0.3 is 23.9 Å². The largest absolute Gasteiger partial charge is 0.456 e. The van der Waals surface area contributed by atoms with E-state index in [2.05, 4.69) is 0 Å². The molecule has 0 N–H and O–H groups in total. The minimum Gasteiger partial charge on any atom is -0.456 e. The quantitative estimate of drug-likeness (QED) is 0.509. The standard InChI is InChI=1S/C13H18O9/c1-6(14)19-10-5-18-13(22-9(4)17)12(21-8(3)16)11(10)20-7(2)15/h10-13H,5H2,1-4H3/t10-,11+,12-,13-/m0/s1. The van der Waals surface area contributed by atoms with Gasteiger partial charge in [0.2, 0.25) is 12.4 Å². The molecule has 22 heavy (non-hydrogen) atoms. The van der Waals surface area contributed by atoms with E-state index < -0.39 is 48.5 Å². The number of hydrogen-bond acceptors (Lipinski definition) is 9. The van der Waals surface area contributed by atoms with Crippen LogP contribution in [0.5, 0.6) is 0 Å². The fourth-order valence-electron chi connectivity index (χ4n) is 1.97. The zero-order valence-electron chi connectivity index (χ0n) is 12.7. The fraction of sp³-hybridized carbons (Fsp3) is 0.692. The predicted molar refractivity (Wildman–Crippen MR) is 68.2 cm³/mol. The molecule has 4 atom stereocenters. The van der Waals surface area contributed by atoms with Gasteiger partial charge in [-0.25, -0.2) is 0 Å². The lowest BCUT2D eigenvalue weighted by atomic mass is 10.0. The lowest BCUT2D eigenvalue weighted by Gasteiger charge is -2.39. The van der Waals surface area contributed by atoms with Crippen LogP contribution in [0.4, 0.5) is 0 Å². The number of esters is 4. The Morgan fingerprint density at radius 1 is 0.727 bits per heavy atom. The van der Waals surface area contributed by atoms with Crippen molar-refractivity contribution in [1.29, 1.82) is 0 Å². The third kappa shape index (κ3) is 5.32. The summed E-state index contributed by atoms with van der Waals surface area (Å²) in [6.07, 6.45) is -4.65. The topological polar surface area (TPSA) is 114 Å². The van der Waals surface area contributed by atoms with Gasteiger partial charge in [-0.15, -0.1) is 0 Å². The third-order valence-corrected chi connectivity index (χ3v) is 2.59. The maximum Gasteiger partial charge on any atom is 0.305 e. The number of hydrogen-bond donors (Lipinski definition) is 0.